The zero-order chi connectivity index (χ0) is 13.7. The number of hydrogen-bond acceptors (Lipinski definition) is 3. The smallest absolute Gasteiger partial charge is 0.100 e. The van der Waals surface area contributed by atoms with Crippen LogP contribution in [0.2, 0.25) is 0 Å². The maximum Gasteiger partial charge on any atom is 0.100 e. The second-order valence-electron chi connectivity index (χ2n) is 6.81. The van der Waals surface area contributed by atoms with Gasteiger partial charge < -0.3 is 14.2 Å². The van der Waals surface area contributed by atoms with Crippen LogP contribution in [-0.4, -0.2) is 37.1 Å². The molecule has 2 heterocycles. The highest BCUT2D eigenvalue weighted by atomic mass is 16.6. The van der Waals surface area contributed by atoms with Crippen molar-refractivity contribution >= 4 is 0 Å². The van der Waals surface area contributed by atoms with Gasteiger partial charge in [-0.15, -0.1) is 0 Å². The van der Waals surface area contributed by atoms with Crippen LogP contribution in [0.4, 0.5) is 0 Å². The first-order valence-electron chi connectivity index (χ1n) is 7.50. The zero-order valence-electron chi connectivity index (χ0n) is 12.6. The summed E-state index contributed by atoms with van der Waals surface area (Å²) in [5.74, 6) is 0.398. The molecule has 3 nitrogen and oxygen atoms in total. The Balaban J connectivity index is 1.74. The Bertz CT molecular complexity index is 381. The Morgan fingerprint density at radius 2 is 2.16 bits per heavy atom. The highest BCUT2D eigenvalue weighted by Gasteiger charge is 2.70. The average Bonchev–Trinajstić information content (AvgIpc) is 3.26. The van der Waals surface area contributed by atoms with Gasteiger partial charge in [0, 0.05) is 13.0 Å². The molecular formula is C16H26O3. The Morgan fingerprint density at radius 3 is 2.74 bits per heavy atom. The van der Waals surface area contributed by atoms with Gasteiger partial charge in [0.05, 0.1) is 24.4 Å². The standard InChI is InChI=1S/C16H26O3/c1-11(2)7-8-13-15(3,19-13)14-12(17-4)6-5-9-16(14)10-18-16/h7,12-14H,5-6,8-10H2,1-4H3/t12-,13?,14?,15+,16+/m1/s1. The van der Waals surface area contributed by atoms with Crippen molar-refractivity contribution in [2.45, 2.75) is 69.9 Å². The molecule has 2 unspecified atom stereocenters. The summed E-state index contributed by atoms with van der Waals surface area (Å²) in [6.07, 6.45) is 7.45. The maximum atomic E-state index is 6.10. The molecule has 19 heavy (non-hydrogen) atoms. The lowest BCUT2D eigenvalue weighted by Crippen LogP contribution is -2.48. The molecule has 3 aliphatic rings. The topological polar surface area (TPSA) is 34.3 Å². The molecule has 0 radical (unpaired) electrons. The van der Waals surface area contributed by atoms with Crippen molar-refractivity contribution in [3.05, 3.63) is 11.6 Å². The van der Waals surface area contributed by atoms with E-state index in [4.69, 9.17) is 14.2 Å². The second kappa shape index (κ2) is 4.57. The molecule has 0 aromatic rings. The van der Waals surface area contributed by atoms with Gasteiger partial charge in [-0.2, -0.15) is 0 Å². The van der Waals surface area contributed by atoms with Gasteiger partial charge >= 0.3 is 0 Å². The SMILES string of the molecule is CO[C@@H]1CCC[C@]2(CO2)C1[C@@]1(C)OC1CC=C(C)C. The number of hydrogen-bond donors (Lipinski definition) is 0. The minimum absolute atomic E-state index is 0.0520. The molecule has 5 atom stereocenters. The van der Waals surface area contributed by atoms with Gasteiger partial charge in [0.25, 0.3) is 0 Å². The number of rotatable bonds is 4. The van der Waals surface area contributed by atoms with Crippen LogP contribution in [0.5, 0.6) is 0 Å². The van der Waals surface area contributed by atoms with Gasteiger partial charge in [0.1, 0.15) is 5.60 Å². The van der Waals surface area contributed by atoms with E-state index in [0.29, 0.717) is 12.0 Å². The molecule has 2 aliphatic heterocycles. The monoisotopic (exact) mass is 266 g/mol. The van der Waals surface area contributed by atoms with E-state index in [9.17, 15) is 0 Å². The largest absolute Gasteiger partial charge is 0.381 e. The highest BCUT2D eigenvalue weighted by Crippen LogP contribution is 2.59. The molecule has 1 spiro atoms. The van der Waals surface area contributed by atoms with Crippen molar-refractivity contribution in [3.8, 4) is 0 Å². The van der Waals surface area contributed by atoms with Crippen LogP contribution in [0, 0.1) is 5.92 Å². The van der Waals surface area contributed by atoms with Gasteiger partial charge in [0.15, 0.2) is 0 Å². The Morgan fingerprint density at radius 1 is 1.42 bits per heavy atom. The van der Waals surface area contributed by atoms with Crippen molar-refractivity contribution < 1.29 is 14.2 Å². The van der Waals surface area contributed by atoms with E-state index in [1.165, 1.54) is 18.4 Å². The van der Waals surface area contributed by atoms with E-state index in [1.54, 1.807) is 0 Å². The van der Waals surface area contributed by atoms with Crippen LogP contribution >= 0.6 is 0 Å². The van der Waals surface area contributed by atoms with Crippen molar-refractivity contribution in [1.29, 1.82) is 0 Å². The van der Waals surface area contributed by atoms with Gasteiger partial charge in [-0.05, 0) is 46.5 Å². The van der Waals surface area contributed by atoms with Gasteiger partial charge in [-0.3, -0.25) is 0 Å². The van der Waals surface area contributed by atoms with Crippen molar-refractivity contribution in [3.63, 3.8) is 0 Å². The summed E-state index contributed by atoms with van der Waals surface area (Å²) in [5, 5.41) is 0. The summed E-state index contributed by atoms with van der Waals surface area (Å²) in [7, 11) is 1.83. The van der Waals surface area contributed by atoms with E-state index in [-0.39, 0.29) is 17.3 Å². The summed E-state index contributed by atoms with van der Waals surface area (Å²) in [4.78, 5) is 0. The number of ether oxygens (including phenoxy) is 3. The molecular weight excluding hydrogens is 240 g/mol. The minimum Gasteiger partial charge on any atom is -0.381 e. The molecule has 2 saturated heterocycles. The van der Waals surface area contributed by atoms with Gasteiger partial charge in [-0.25, -0.2) is 0 Å². The predicted molar refractivity (Wildman–Crippen MR) is 74.1 cm³/mol. The van der Waals surface area contributed by atoms with Gasteiger partial charge in [0.2, 0.25) is 0 Å². The van der Waals surface area contributed by atoms with E-state index >= 15 is 0 Å². The number of methoxy groups -OCH3 is 1. The molecule has 1 saturated carbocycles. The van der Waals surface area contributed by atoms with E-state index < -0.39 is 0 Å². The molecule has 108 valence electrons. The van der Waals surface area contributed by atoms with Crippen molar-refractivity contribution in [1.82, 2.24) is 0 Å². The zero-order valence-corrected chi connectivity index (χ0v) is 12.6. The lowest BCUT2D eigenvalue weighted by atomic mass is 9.69. The summed E-state index contributed by atoms with van der Waals surface area (Å²) in [6.45, 7) is 7.43. The fraction of sp³-hybridized carbons (Fsp3) is 0.875. The third-order valence-corrected chi connectivity index (χ3v) is 5.18. The van der Waals surface area contributed by atoms with Crippen LogP contribution < -0.4 is 0 Å². The normalized spacial score (nSPS) is 48.1. The quantitative estimate of drug-likeness (QED) is 0.579. The first-order valence-corrected chi connectivity index (χ1v) is 7.50. The average molecular weight is 266 g/mol. The molecule has 0 aromatic carbocycles. The molecule has 3 fully saturated rings. The van der Waals surface area contributed by atoms with Crippen LogP contribution in [-0.2, 0) is 14.2 Å². The van der Waals surface area contributed by atoms with Gasteiger partial charge in [-0.1, -0.05) is 11.6 Å². The van der Waals surface area contributed by atoms with E-state index in [2.05, 4.69) is 26.8 Å². The fourth-order valence-corrected chi connectivity index (χ4v) is 4.00. The molecule has 3 heteroatoms. The first-order chi connectivity index (χ1) is 9.02. The Hall–Kier alpha value is -0.380. The molecule has 0 amide bonds. The summed E-state index contributed by atoms with van der Waals surface area (Å²) >= 11 is 0. The van der Waals surface area contributed by atoms with Crippen LogP contribution in [0.25, 0.3) is 0 Å². The van der Waals surface area contributed by atoms with E-state index in [0.717, 1.165) is 19.4 Å². The lowest BCUT2D eigenvalue weighted by molar-refractivity contribution is -0.0492. The van der Waals surface area contributed by atoms with Crippen LogP contribution in [0.1, 0.15) is 46.5 Å². The minimum atomic E-state index is -0.0520. The van der Waals surface area contributed by atoms with Crippen LogP contribution in [0.3, 0.4) is 0 Å². The lowest BCUT2D eigenvalue weighted by Gasteiger charge is -2.38. The summed E-state index contributed by atoms with van der Waals surface area (Å²) in [6, 6.07) is 0. The third-order valence-electron chi connectivity index (χ3n) is 5.18. The number of allylic oxidation sites excluding steroid dienone is 1. The van der Waals surface area contributed by atoms with Crippen LogP contribution in [0.15, 0.2) is 11.6 Å². The molecule has 0 bridgehead atoms. The third kappa shape index (κ3) is 2.26. The van der Waals surface area contributed by atoms with E-state index in [1.807, 2.05) is 7.11 Å². The van der Waals surface area contributed by atoms with Crippen molar-refractivity contribution in [2.24, 2.45) is 5.92 Å². The summed E-state index contributed by atoms with van der Waals surface area (Å²) < 4.78 is 17.7. The van der Waals surface area contributed by atoms with Crippen molar-refractivity contribution in [2.75, 3.05) is 13.7 Å². The predicted octanol–water partition coefficient (Wildman–Crippen LogP) is 3.08. The fourth-order valence-electron chi connectivity index (χ4n) is 4.00. The highest BCUT2D eigenvalue weighted by molar-refractivity contribution is 5.19. The Kier molecular flexibility index (Phi) is 3.27. The Labute approximate surface area is 116 Å². The molecule has 3 rings (SSSR count). The summed E-state index contributed by atoms with van der Waals surface area (Å²) in [5.41, 5.74) is 1.37. The molecule has 0 aromatic heterocycles. The molecule has 1 aliphatic carbocycles. The number of epoxide rings is 2. The first kappa shape index (κ1) is 13.6. The maximum absolute atomic E-state index is 6.10. The second-order valence-corrected chi connectivity index (χ2v) is 6.81. The molecule has 0 N–H and O–H groups in total.